The predicted molar refractivity (Wildman–Crippen MR) is 153 cm³/mol. The molecule has 1 aromatic carbocycles. The molecular weight excluding hydrogens is 492 g/mol. The van der Waals surface area contributed by atoms with Gasteiger partial charge in [-0.1, -0.05) is 51.3 Å². The van der Waals surface area contributed by atoms with Crippen LogP contribution in [0.25, 0.3) is 0 Å². The van der Waals surface area contributed by atoms with Gasteiger partial charge < -0.3 is 25.7 Å². The zero-order valence-electron chi connectivity index (χ0n) is 23.9. The van der Waals surface area contributed by atoms with Crippen LogP contribution in [0.15, 0.2) is 36.1 Å². The predicted octanol–water partition coefficient (Wildman–Crippen LogP) is 6.15. The van der Waals surface area contributed by atoms with Crippen LogP contribution in [0.3, 0.4) is 0 Å². The summed E-state index contributed by atoms with van der Waals surface area (Å²) >= 11 is 0. The van der Waals surface area contributed by atoms with Crippen molar-refractivity contribution in [2.75, 3.05) is 13.1 Å². The minimum atomic E-state index is -0.367. The fraction of sp³-hybridized carbons (Fsp3) is 0.625. The number of carbonyl (C=O) groups is 2. The average Bonchev–Trinajstić information content (AvgIpc) is 2.88. The Balaban J connectivity index is 1.64. The molecule has 1 fully saturated rings. The Bertz CT molecular complexity index is 1100. The van der Waals surface area contributed by atoms with E-state index in [1.807, 2.05) is 0 Å². The van der Waals surface area contributed by atoms with Crippen molar-refractivity contribution in [2.24, 2.45) is 34.6 Å². The Morgan fingerprint density at radius 3 is 2.54 bits per heavy atom. The molecule has 4 N–H and O–H groups in total. The second-order valence-corrected chi connectivity index (χ2v) is 12.4. The van der Waals surface area contributed by atoms with Gasteiger partial charge in [-0.05, 0) is 69.4 Å². The Morgan fingerprint density at radius 1 is 1.13 bits per heavy atom. The fourth-order valence-electron chi connectivity index (χ4n) is 6.62. The summed E-state index contributed by atoms with van der Waals surface area (Å²) in [6, 6.07) is 3.38. The zero-order valence-corrected chi connectivity index (χ0v) is 23.9. The summed E-state index contributed by atoms with van der Waals surface area (Å²) in [5.74, 6) is 1.74. The zero-order chi connectivity index (χ0) is 28.2. The largest absolute Gasteiger partial charge is 0.461 e. The van der Waals surface area contributed by atoms with Crippen molar-refractivity contribution in [3.63, 3.8) is 0 Å². The molecule has 39 heavy (non-hydrogen) atoms. The van der Waals surface area contributed by atoms with Gasteiger partial charge in [-0.25, -0.2) is 0 Å². The molecule has 1 aliphatic heterocycles. The molecule has 1 heterocycles. The topological polar surface area (TPSA) is 114 Å². The molecule has 0 unspecified atom stereocenters. The second-order valence-electron chi connectivity index (χ2n) is 12.4. The summed E-state index contributed by atoms with van der Waals surface area (Å²) in [5.41, 5.74) is 13.9. The van der Waals surface area contributed by atoms with Crippen LogP contribution >= 0.6 is 0 Å². The van der Waals surface area contributed by atoms with Crippen molar-refractivity contribution >= 4 is 11.9 Å². The van der Waals surface area contributed by atoms with E-state index in [9.17, 15) is 9.59 Å². The highest BCUT2D eigenvalue weighted by Gasteiger charge is 2.39. The minimum Gasteiger partial charge on any atom is -0.461 e. The number of allylic oxidation sites excluding steroid dienone is 3. The summed E-state index contributed by atoms with van der Waals surface area (Å²) in [4.78, 5) is 26.2. The van der Waals surface area contributed by atoms with Crippen molar-refractivity contribution in [2.45, 2.75) is 90.9 Å². The maximum Gasteiger partial charge on any atom is 0.311 e. The first-order valence-corrected chi connectivity index (χ1v) is 14.7. The van der Waals surface area contributed by atoms with Crippen LogP contribution < -0.4 is 25.7 Å². The van der Waals surface area contributed by atoms with Gasteiger partial charge in [-0.15, -0.1) is 0 Å². The van der Waals surface area contributed by atoms with Gasteiger partial charge in [0.25, 0.3) is 0 Å². The number of hydrogen-bond acceptors (Lipinski definition) is 7. The third-order valence-electron chi connectivity index (χ3n) is 8.73. The lowest BCUT2D eigenvalue weighted by Gasteiger charge is -2.38. The maximum atomic E-state index is 13.4. The monoisotopic (exact) mass is 538 g/mol. The number of nitrogens with two attached hydrogens (primary N) is 2. The van der Waals surface area contributed by atoms with Crippen molar-refractivity contribution < 1.29 is 23.8 Å². The highest BCUT2D eigenvalue weighted by atomic mass is 16.5. The lowest BCUT2D eigenvalue weighted by Crippen LogP contribution is -2.36. The molecule has 1 aromatic rings. The third-order valence-corrected chi connectivity index (χ3v) is 8.73. The molecular formula is C32H46N2O5. The second kappa shape index (κ2) is 12.7. The molecule has 0 bridgehead atoms. The maximum absolute atomic E-state index is 13.4. The minimum absolute atomic E-state index is 0.0200. The Morgan fingerprint density at radius 2 is 1.87 bits per heavy atom. The summed E-state index contributed by atoms with van der Waals surface area (Å²) in [7, 11) is 0. The molecule has 1 saturated carbocycles. The van der Waals surface area contributed by atoms with Gasteiger partial charge in [-0.2, -0.15) is 0 Å². The van der Waals surface area contributed by atoms with E-state index in [0.29, 0.717) is 36.3 Å². The summed E-state index contributed by atoms with van der Waals surface area (Å²) in [6.07, 6.45) is 10.7. The van der Waals surface area contributed by atoms with Gasteiger partial charge >= 0.3 is 11.9 Å². The van der Waals surface area contributed by atoms with Crippen molar-refractivity contribution in [1.29, 1.82) is 0 Å². The number of rotatable bonds is 10. The van der Waals surface area contributed by atoms with E-state index < -0.39 is 0 Å². The van der Waals surface area contributed by atoms with Crippen LogP contribution in [0.1, 0.15) is 96.5 Å². The van der Waals surface area contributed by atoms with Crippen LogP contribution in [0, 0.1) is 23.2 Å². The fourth-order valence-corrected chi connectivity index (χ4v) is 6.62. The first-order chi connectivity index (χ1) is 18.6. The molecule has 0 spiro atoms. The normalized spacial score (nSPS) is 22.7. The van der Waals surface area contributed by atoms with Crippen molar-refractivity contribution in [1.82, 2.24) is 0 Å². The molecule has 214 valence electrons. The first kappa shape index (κ1) is 29.3. The van der Waals surface area contributed by atoms with Gasteiger partial charge in [0.05, 0.1) is 6.42 Å². The van der Waals surface area contributed by atoms with E-state index >= 15 is 0 Å². The molecule has 7 heteroatoms. The van der Waals surface area contributed by atoms with E-state index in [4.69, 9.17) is 25.7 Å². The number of benzene rings is 1. The SMILES string of the molecule is C=C1Oc2cc(OC(=O)C[C@@H](CN)CC(C)C)cc(OC(=O)CC3(CN)CCCCC3)c2[C@@H]2C=C(C)CC[C@@H]12. The quantitative estimate of drug-likeness (QED) is 0.208. The van der Waals surface area contributed by atoms with Gasteiger partial charge in [0.15, 0.2) is 0 Å². The van der Waals surface area contributed by atoms with Gasteiger partial charge in [0, 0.05) is 36.0 Å². The van der Waals surface area contributed by atoms with Crippen molar-refractivity contribution in [3.05, 3.63) is 41.7 Å². The lowest BCUT2D eigenvalue weighted by molar-refractivity contribution is -0.137. The Hall–Kier alpha value is -2.64. The molecule has 4 rings (SSSR count). The smallest absolute Gasteiger partial charge is 0.311 e. The van der Waals surface area contributed by atoms with Crippen LogP contribution in [0.4, 0.5) is 0 Å². The highest BCUT2D eigenvalue weighted by Crippen LogP contribution is 2.52. The summed E-state index contributed by atoms with van der Waals surface area (Å²) in [5, 5.41) is 0. The Kier molecular flexibility index (Phi) is 9.55. The Labute approximate surface area is 233 Å². The van der Waals surface area contributed by atoms with Crippen LogP contribution in [-0.2, 0) is 9.59 Å². The summed E-state index contributed by atoms with van der Waals surface area (Å²) < 4.78 is 18.0. The van der Waals surface area contributed by atoms with Crippen LogP contribution in [0.2, 0.25) is 0 Å². The van der Waals surface area contributed by atoms with Crippen molar-refractivity contribution in [3.8, 4) is 17.2 Å². The molecule has 3 atom stereocenters. The molecule has 0 radical (unpaired) electrons. The summed E-state index contributed by atoms with van der Waals surface area (Å²) in [6.45, 7) is 11.4. The molecule has 2 aliphatic carbocycles. The van der Waals surface area contributed by atoms with E-state index in [1.54, 1.807) is 12.1 Å². The highest BCUT2D eigenvalue weighted by molar-refractivity contribution is 5.76. The molecule has 0 amide bonds. The van der Waals surface area contributed by atoms with Crippen LogP contribution in [0.5, 0.6) is 17.2 Å². The van der Waals surface area contributed by atoms with E-state index in [0.717, 1.165) is 50.5 Å². The number of hydrogen-bond donors (Lipinski definition) is 2. The van der Waals surface area contributed by atoms with E-state index in [-0.39, 0.29) is 53.7 Å². The first-order valence-electron chi connectivity index (χ1n) is 14.7. The lowest BCUT2D eigenvalue weighted by atomic mass is 9.72. The third kappa shape index (κ3) is 7.12. The molecule has 7 nitrogen and oxygen atoms in total. The van der Waals surface area contributed by atoms with E-state index in [2.05, 4.69) is 33.4 Å². The van der Waals surface area contributed by atoms with Gasteiger partial charge in [-0.3, -0.25) is 9.59 Å². The molecule has 0 aromatic heterocycles. The number of ether oxygens (including phenoxy) is 3. The van der Waals surface area contributed by atoms with Gasteiger partial charge in [0.2, 0.25) is 0 Å². The number of esters is 2. The standard InChI is InChI=1S/C32H46N2O5/c1-20(2)12-23(18-33)14-29(35)38-24-15-27-31(26-13-21(3)8-9-25(26)22(4)37-27)28(16-24)39-30(36)17-32(19-34)10-6-5-7-11-32/h13,15-16,20,23,25-26H,4-12,14,17-19,33-34H2,1-3H3/t23-,25-,26+/m0/s1. The molecule has 3 aliphatic rings. The van der Waals surface area contributed by atoms with Gasteiger partial charge in [0.1, 0.15) is 23.0 Å². The number of fused-ring (bicyclic) bond motifs is 3. The number of carbonyl (C=O) groups excluding carboxylic acids is 2. The van der Waals surface area contributed by atoms with E-state index in [1.165, 1.54) is 12.0 Å². The average molecular weight is 539 g/mol. The van der Waals surface area contributed by atoms with Crippen LogP contribution in [-0.4, -0.2) is 25.0 Å². The molecule has 0 saturated heterocycles.